The first-order chi connectivity index (χ1) is 13.0. The molecule has 0 heterocycles. The fraction of sp³-hybridized carbons (Fsp3) is 0.0526. The Morgan fingerprint density at radius 1 is 1.00 bits per heavy atom. The Morgan fingerprint density at radius 2 is 1.78 bits per heavy atom. The molecule has 0 aliphatic carbocycles. The molecule has 0 fully saturated rings. The smallest absolute Gasteiger partial charge is 0.276 e. The third-order valence-electron chi connectivity index (χ3n) is 3.67. The molecule has 3 aromatic rings. The van der Waals surface area contributed by atoms with Gasteiger partial charge in [0.05, 0.1) is 10.0 Å². The Bertz CT molecular complexity index is 1030. The summed E-state index contributed by atoms with van der Waals surface area (Å²) in [5.74, 6) is -0.299. The quantitative estimate of drug-likeness (QED) is 0.332. The summed E-state index contributed by atoms with van der Waals surface area (Å²) in [4.78, 5) is 24.1. The molecule has 0 radical (unpaired) electrons. The van der Waals surface area contributed by atoms with Gasteiger partial charge in [-0.15, -0.1) is 0 Å². The number of ether oxygens (including phenoxy) is 1. The minimum Gasteiger partial charge on any atom is -0.483 e. The number of hydrogen-bond donors (Lipinski definition) is 2. The van der Waals surface area contributed by atoms with Crippen molar-refractivity contribution in [2.24, 2.45) is 0 Å². The summed E-state index contributed by atoms with van der Waals surface area (Å²) in [5, 5.41) is 2.01. The molecule has 3 rings (SSSR count). The molecule has 0 spiro atoms. The monoisotopic (exact) mass is 602 g/mol. The van der Waals surface area contributed by atoms with Crippen molar-refractivity contribution >= 4 is 77.0 Å². The van der Waals surface area contributed by atoms with E-state index >= 15 is 0 Å². The summed E-state index contributed by atoms with van der Waals surface area (Å²) < 4.78 is 8.12. The number of carbonyl (C=O) groups excluding carboxylic acids is 2. The van der Waals surface area contributed by atoms with Crippen molar-refractivity contribution < 1.29 is 14.3 Å². The zero-order valence-electron chi connectivity index (χ0n) is 13.8. The van der Waals surface area contributed by atoms with Gasteiger partial charge in [0.15, 0.2) is 6.61 Å². The first kappa shape index (κ1) is 20.1. The summed E-state index contributed by atoms with van der Waals surface area (Å²) in [6.07, 6.45) is 0. The lowest BCUT2D eigenvalue weighted by Gasteiger charge is -2.12. The maximum absolute atomic E-state index is 12.1. The van der Waals surface area contributed by atoms with E-state index < -0.39 is 5.91 Å². The van der Waals surface area contributed by atoms with Crippen molar-refractivity contribution in [3.05, 3.63) is 72.7 Å². The van der Waals surface area contributed by atoms with E-state index in [2.05, 4.69) is 65.3 Å². The number of fused-ring (bicyclic) bond motifs is 1. The third-order valence-corrected chi connectivity index (χ3v) is 5.93. The number of nitrogens with one attached hydrogen (secondary N) is 2. The predicted octanol–water partition coefficient (Wildman–Crippen LogP) is 4.81. The Balaban J connectivity index is 1.59. The Labute approximate surface area is 186 Å². The zero-order chi connectivity index (χ0) is 19.4. The maximum Gasteiger partial charge on any atom is 0.276 e. The lowest BCUT2D eigenvalue weighted by molar-refractivity contribution is -0.123. The molecule has 3 aromatic carbocycles. The van der Waals surface area contributed by atoms with Crippen LogP contribution in [0.25, 0.3) is 10.8 Å². The van der Waals surface area contributed by atoms with Crippen LogP contribution < -0.4 is 15.6 Å². The Hall–Kier alpha value is -1.65. The normalized spacial score (nSPS) is 10.5. The first-order valence-electron chi connectivity index (χ1n) is 7.80. The summed E-state index contributed by atoms with van der Waals surface area (Å²) in [6, 6.07) is 16.7. The second-order valence-electron chi connectivity index (χ2n) is 5.51. The molecule has 27 heavy (non-hydrogen) atoms. The summed E-state index contributed by atoms with van der Waals surface area (Å²) >= 11 is 9.02. The molecule has 138 valence electrons. The summed E-state index contributed by atoms with van der Waals surface area (Å²) in [7, 11) is 0. The van der Waals surface area contributed by atoms with E-state index in [9.17, 15) is 9.59 Å². The SMILES string of the molecule is O=C(COc1ccc2cc(Br)ccc2c1Br)NNC(=O)c1ccccc1I. The minimum absolute atomic E-state index is 0.229. The van der Waals surface area contributed by atoms with Crippen LogP contribution in [0.5, 0.6) is 5.75 Å². The number of hydrazine groups is 1. The maximum atomic E-state index is 12.1. The molecule has 2 N–H and O–H groups in total. The molecule has 5 nitrogen and oxygen atoms in total. The highest BCUT2D eigenvalue weighted by atomic mass is 127. The van der Waals surface area contributed by atoms with Crippen molar-refractivity contribution in [2.45, 2.75) is 0 Å². The predicted molar refractivity (Wildman–Crippen MR) is 120 cm³/mol. The molecule has 0 aliphatic rings. The molecule has 0 saturated heterocycles. The van der Waals surface area contributed by atoms with E-state index in [1.165, 1.54) is 0 Å². The molecule has 0 aliphatic heterocycles. The number of hydrogen-bond acceptors (Lipinski definition) is 3. The fourth-order valence-electron chi connectivity index (χ4n) is 2.37. The van der Waals surface area contributed by atoms with E-state index in [0.29, 0.717) is 11.3 Å². The van der Waals surface area contributed by atoms with Crippen LogP contribution in [0.1, 0.15) is 10.4 Å². The zero-order valence-corrected chi connectivity index (χ0v) is 19.1. The van der Waals surface area contributed by atoms with Crippen LogP contribution in [0.4, 0.5) is 0 Å². The summed E-state index contributed by atoms with van der Waals surface area (Å²) in [6.45, 7) is -0.229. The van der Waals surface area contributed by atoms with Gasteiger partial charge in [-0.2, -0.15) is 0 Å². The number of amides is 2. The molecule has 8 heteroatoms. The standard InChI is InChI=1S/C19H13Br2IN2O3/c20-12-6-7-13-11(9-12)5-8-16(18(13)21)27-10-17(25)23-24-19(26)14-3-1-2-4-15(14)22/h1-9H,10H2,(H,23,25)(H,24,26). The molecule has 0 saturated carbocycles. The van der Waals surface area contributed by atoms with Crippen LogP contribution in [-0.4, -0.2) is 18.4 Å². The highest BCUT2D eigenvalue weighted by Gasteiger charge is 2.12. The van der Waals surface area contributed by atoms with Crippen molar-refractivity contribution in [3.8, 4) is 5.75 Å². The number of rotatable bonds is 4. The highest BCUT2D eigenvalue weighted by molar-refractivity contribution is 14.1. The molecule has 0 aromatic heterocycles. The van der Waals surface area contributed by atoms with Gasteiger partial charge in [0, 0.05) is 8.04 Å². The van der Waals surface area contributed by atoms with Crippen LogP contribution in [-0.2, 0) is 4.79 Å². The number of benzene rings is 3. The second kappa shape index (κ2) is 9.03. The first-order valence-corrected chi connectivity index (χ1v) is 10.5. The Morgan fingerprint density at radius 3 is 2.56 bits per heavy atom. The lowest BCUT2D eigenvalue weighted by atomic mass is 10.1. The van der Waals surface area contributed by atoms with Crippen LogP contribution in [0.15, 0.2) is 63.5 Å². The van der Waals surface area contributed by atoms with Crippen molar-refractivity contribution in [2.75, 3.05) is 6.61 Å². The van der Waals surface area contributed by atoms with Gasteiger partial charge in [0.2, 0.25) is 0 Å². The van der Waals surface area contributed by atoms with Gasteiger partial charge in [0.1, 0.15) is 5.75 Å². The minimum atomic E-state index is -0.461. The Kier molecular flexibility index (Phi) is 6.72. The molecular formula is C19H13Br2IN2O3. The third kappa shape index (κ3) is 4.99. The van der Waals surface area contributed by atoms with Gasteiger partial charge in [0.25, 0.3) is 11.8 Å². The van der Waals surface area contributed by atoms with Gasteiger partial charge >= 0.3 is 0 Å². The van der Waals surface area contributed by atoms with E-state index in [0.717, 1.165) is 23.3 Å². The van der Waals surface area contributed by atoms with E-state index in [-0.39, 0.29) is 12.5 Å². The average Bonchev–Trinajstić information content (AvgIpc) is 2.66. The van der Waals surface area contributed by atoms with E-state index in [4.69, 9.17) is 4.74 Å². The average molecular weight is 604 g/mol. The van der Waals surface area contributed by atoms with Gasteiger partial charge in [-0.25, -0.2) is 0 Å². The topological polar surface area (TPSA) is 67.4 Å². The molecule has 0 unspecified atom stereocenters. The van der Waals surface area contributed by atoms with Gasteiger partial charge in [-0.1, -0.05) is 40.2 Å². The van der Waals surface area contributed by atoms with E-state index in [1.54, 1.807) is 18.2 Å². The van der Waals surface area contributed by atoms with Crippen LogP contribution in [0.3, 0.4) is 0 Å². The highest BCUT2D eigenvalue weighted by Crippen LogP contribution is 2.34. The van der Waals surface area contributed by atoms with Crippen molar-refractivity contribution in [1.82, 2.24) is 10.9 Å². The number of carbonyl (C=O) groups is 2. The van der Waals surface area contributed by atoms with Crippen LogP contribution >= 0.6 is 54.5 Å². The lowest BCUT2D eigenvalue weighted by Crippen LogP contribution is -2.44. The molecule has 0 bridgehead atoms. The molecule has 2 amide bonds. The number of halogens is 3. The van der Waals surface area contributed by atoms with E-state index in [1.807, 2.05) is 36.4 Å². The largest absolute Gasteiger partial charge is 0.483 e. The van der Waals surface area contributed by atoms with Crippen LogP contribution in [0, 0.1) is 3.57 Å². The van der Waals surface area contributed by atoms with Crippen molar-refractivity contribution in [3.63, 3.8) is 0 Å². The summed E-state index contributed by atoms with van der Waals surface area (Å²) in [5.41, 5.74) is 5.23. The van der Waals surface area contributed by atoms with Gasteiger partial charge < -0.3 is 4.74 Å². The fourth-order valence-corrected chi connectivity index (χ4v) is 3.99. The van der Waals surface area contributed by atoms with Gasteiger partial charge in [-0.3, -0.25) is 20.4 Å². The van der Waals surface area contributed by atoms with Crippen molar-refractivity contribution in [1.29, 1.82) is 0 Å². The van der Waals surface area contributed by atoms with Gasteiger partial charge in [-0.05, 0) is 79.6 Å². The molecule has 0 atom stereocenters. The van der Waals surface area contributed by atoms with Crippen LogP contribution in [0.2, 0.25) is 0 Å². The second-order valence-corrected chi connectivity index (χ2v) is 8.38. The molecular weight excluding hydrogens is 591 g/mol.